The molecule has 0 N–H and O–H groups in total. The summed E-state index contributed by atoms with van der Waals surface area (Å²) in [6.07, 6.45) is 4.01. The quantitative estimate of drug-likeness (QED) is 0.428. The predicted octanol–water partition coefficient (Wildman–Crippen LogP) is 5.95. The molecule has 0 saturated carbocycles. The van der Waals surface area contributed by atoms with Crippen molar-refractivity contribution in [1.82, 2.24) is 0 Å². The van der Waals surface area contributed by atoms with Gasteiger partial charge in [-0.25, -0.2) is 4.39 Å². The number of anilines is 1. The van der Waals surface area contributed by atoms with Crippen LogP contribution in [0.25, 0.3) is 22.4 Å². The van der Waals surface area contributed by atoms with Crippen molar-refractivity contribution < 1.29 is 4.39 Å². The normalized spacial score (nSPS) is 14.6. The van der Waals surface area contributed by atoms with Gasteiger partial charge in [0.05, 0.1) is 17.3 Å². The molecule has 0 spiro atoms. The molecule has 3 aromatic rings. The van der Waals surface area contributed by atoms with Gasteiger partial charge in [0.15, 0.2) is 0 Å². The van der Waals surface area contributed by atoms with E-state index < -0.39 is 0 Å². The van der Waals surface area contributed by atoms with E-state index in [0.717, 1.165) is 53.4 Å². The molecule has 0 unspecified atom stereocenters. The van der Waals surface area contributed by atoms with Crippen molar-refractivity contribution in [2.24, 2.45) is 0 Å². The first kappa shape index (κ1) is 17.3. The van der Waals surface area contributed by atoms with Crippen molar-refractivity contribution in [3.05, 3.63) is 77.1 Å². The third-order valence-corrected chi connectivity index (χ3v) is 5.26. The number of halogens is 1. The highest BCUT2D eigenvalue weighted by molar-refractivity contribution is 5.94. The first-order valence-electron chi connectivity index (χ1n) is 9.32. The van der Waals surface area contributed by atoms with Gasteiger partial charge in [-0.3, -0.25) is 0 Å². The molecule has 1 aliphatic rings. The maximum atomic E-state index is 14.7. The lowest BCUT2D eigenvalue weighted by molar-refractivity contribution is 0.622. The molecule has 0 amide bonds. The van der Waals surface area contributed by atoms with E-state index >= 15 is 0 Å². The van der Waals surface area contributed by atoms with Gasteiger partial charge in [-0.2, -0.15) is 5.26 Å². The zero-order chi connectivity index (χ0) is 18.8. The SMILES string of the molecule is Cc1cc(N2CCCC2)c(F)cc1/C=C(/C#N)c1ccc2ccccc2c1. The van der Waals surface area contributed by atoms with E-state index in [4.69, 9.17) is 0 Å². The first-order chi connectivity index (χ1) is 13.2. The average Bonchev–Trinajstić information content (AvgIpc) is 3.22. The van der Waals surface area contributed by atoms with Gasteiger partial charge in [0.2, 0.25) is 0 Å². The molecule has 0 atom stereocenters. The summed E-state index contributed by atoms with van der Waals surface area (Å²) in [5.74, 6) is -0.218. The second kappa shape index (κ2) is 7.25. The van der Waals surface area contributed by atoms with E-state index in [0.29, 0.717) is 11.3 Å². The fourth-order valence-corrected chi connectivity index (χ4v) is 3.73. The van der Waals surface area contributed by atoms with Gasteiger partial charge in [-0.05, 0) is 71.5 Å². The zero-order valence-corrected chi connectivity index (χ0v) is 15.4. The van der Waals surface area contributed by atoms with Crippen LogP contribution in [0.4, 0.5) is 10.1 Å². The number of hydrogen-bond acceptors (Lipinski definition) is 2. The van der Waals surface area contributed by atoms with Gasteiger partial charge in [0, 0.05) is 13.1 Å². The van der Waals surface area contributed by atoms with Gasteiger partial charge < -0.3 is 4.90 Å². The third-order valence-electron chi connectivity index (χ3n) is 5.26. The summed E-state index contributed by atoms with van der Waals surface area (Å²) < 4.78 is 14.7. The van der Waals surface area contributed by atoms with Gasteiger partial charge >= 0.3 is 0 Å². The molecular formula is C24H21FN2. The molecule has 134 valence electrons. The monoisotopic (exact) mass is 356 g/mol. The number of hydrogen-bond donors (Lipinski definition) is 0. The molecular weight excluding hydrogens is 335 g/mol. The summed E-state index contributed by atoms with van der Waals surface area (Å²) in [7, 11) is 0. The number of aryl methyl sites for hydroxylation is 1. The van der Waals surface area contributed by atoms with E-state index in [1.807, 2.05) is 55.5 Å². The van der Waals surface area contributed by atoms with E-state index in [1.54, 1.807) is 12.1 Å². The van der Waals surface area contributed by atoms with E-state index in [2.05, 4.69) is 11.0 Å². The number of nitrogens with zero attached hydrogens (tertiary/aromatic N) is 2. The Labute approximate surface area is 159 Å². The lowest BCUT2D eigenvalue weighted by atomic mass is 9.98. The van der Waals surface area contributed by atoms with Crippen LogP contribution in [0.15, 0.2) is 54.6 Å². The molecule has 3 aromatic carbocycles. The van der Waals surface area contributed by atoms with Crippen LogP contribution < -0.4 is 4.90 Å². The van der Waals surface area contributed by atoms with Crippen molar-refractivity contribution in [2.75, 3.05) is 18.0 Å². The summed E-state index contributed by atoms with van der Waals surface area (Å²) in [5, 5.41) is 11.9. The van der Waals surface area contributed by atoms with Gasteiger partial charge in [0.1, 0.15) is 5.82 Å². The molecule has 0 aliphatic carbocycles. The maximum Gasteiger partial charge on any atom is 0.147 e. The summed E-state index contributed by atoms with van der Waals surface area (Å²) in [5.41, 5.74) is 3.79. The van der Waals surface area contributed by atoms with Crippen molar-refractivity contribution in [2.45, 2.75) is 19.8 Å². The summed E-state index contributed by atoms with van der Waals surface area (Å²) in [6, 6.07) is 19.8. The van der Waals surface area contributed by atoms with Gasteiger partial charge in [-0.1, -0.05) is 36.4 Å². The number of rotatable bonds is 3. The van der Waals surface area contributed by atoms with Crippen LogP contribution in [-0.4, -0.2) is 13.1 Å². The Morgan fingerprint density at radius 1 is 1.04 bits per heavy atom. The Bertz CT molecular complexity index is 1070. The lowest BCUT2D eigenvalue weighted by Gasteiger charge is -2.19. The summed E-state index contributed by atoms with van der Waals surface area (Å²) >= 11 is 0. The molecule has 0 aromatic heterocycles. The predicted molar refractivity (Wildman–Crippen MR) is 110 cm³/mol. The fraction of sp³-hybridized carbons (Fsp3) is 0.208. The van der Waals surface area contributed by atoms with Crippen LogP contribution in [0.3, 0.4) is 0 Å². The van der Waals surface area contributed by atoms with Crippen LogP contribution in [0, 0.1) is 24.1 Å². The maximum absolute atomic E-state index is 14.7. The number of nitriles is 1. The van der Waals surface area contributed by atoms with Crippen LogP contribution in [0.1, 0.15) is 29.5 Å². The van der Waals surface area contributed by atoms with Crippen LogP contribution in [-0.2, 0) is 0 Å². The fourth-order valence-electron chi connectivity index (χ4n) is 3.73. The number of benzene rings is 3. The van der Waals surface area contributed by atoms with Gasteiger partial charge in [0.25, 0.3) is 0 Å². The van der Waals surface area contributed by atoms with E-state index in [-0.39, 0.29) is 5.82 Å². The molecule has 1 saturated heterocycles. The molecule has 27 heavy (non-hydrogen) atoms. The average molecular weight is 356 g/mol. The Morgan fingerprint density at radius 2 is 1.78 bits per heavy atom. The van der Waals surface area contributed by atoms with Crippen molar-refractivity contribution in [3.8, 4) is 6.07 Å². The van der Waals surface area contributed by atoms with Crippen molar-refractivity contribution >= 4 is 28.1 Å². The largest absolute Gasteiger partial charge is 0.369 e. The smallest absolute Gasteiger partial charge is 0.147 e. The molecule has 3 heteroatoms. The second-order valence-electron chi connectivity index (χ2n) is 7.09. The topological polar surface area (TPSA) is 27.0 Å². The zero-order valence-electron chi connectivity index (χ0n) is 15.4. The highest BCUT2D eigenvalue weighted by Gasteiger charge is 2.17. The Balaban J connectivity index is 1.73. The minimum atomic E-state index is -0.218. The van der Waals surface area contributed by atoms with Gasteiger partial charge in [-0.15, -0.1) is 0 Å². The number of allylic oxidation sites excluding steroid dienone is 1. The molecule has 0 bridgehead atoms. The third kappa shape index (κ3) is 3.44. The molecule has 1 heterocycles. The Kier molecular flexibility index (Phi) is 4.64. The summed E-state index contributed by atoms with van der Waals surface area (Å²) in [6.45, 7) is 3.79. The molecule has 0 radical (unpaired) electrons. The minimum absolute atomic E-state index is 0.218. The number of fused-ring (bicyclic) bond motifs is 1. The first-order valence-corrected chi connectivity index (χ1v) is 9.32. The molecule has 1 aliphatic heterocycles. The highest BCUT2D eigenvalue weighted by atomic mass is 19.1. The summed E-state index contributed by atoms with van der Waals surface area (Å²) in [4.78, 5) is 2.10. The Hall–Kier alpha value is -3.12. The van der Waals surface area contributed by atoms with Crippen LogP contribution >= 0.6 is 0 Å². The lowest BCUT2D eigenvalue weighted by Crippen LogP contribution is -2.19. The standard InChI is InChI=1S/C24H21FN2/c1-17-12-24(27-10-4-5-11-27)23(25)15-21(17)14-22(16-26)20-9-8-18-6-2-3-7-19(18)13-20/h2-3,6-9,12-15H,4-5,10-11H2,1H3/b22-14-. The van der Waals surface area contributed by atoms with Crippen LogP contribution in [0.2, 0.25) is 0 Å². The van der Waals surface area contributed by atoms with E-state index in [9.17, 15) is 9.65 Å². The molecule has 4 rings (SSSR count). The van der Waals surface area contributed by atoms with Crippen molar-refractivity contribution in [3.63, 3.8) is 0 Å². The van der Waals surface area contributed by atoms with Crippen molar-refractivity contribution in [1.29, 1.82) is 5.26 Å². The van der Waals surface area contributed by atoms with E-state index in [1.165, 1.54) is 0 Å². The highest BCUT2D eigenvalue weighted by Crippen LogP contribution is 2.29. The minimum Gasteiger partial charge on any atom is -0.369 e. The Morgan fingerprint density at radius 3 is 2.52 bits per heavy atom. The molecule has 2 nitrogen and oxygen atoms in total. The second-order valence-corrected chi connectivity index (χ2v) is 7.09. The molecule has 1 fully saturated rings. The van der Waals surface area contributed by atoms with Crippen LogP contribution in [0.5, 0.6) is 0 Å².